The summed E-state index contributed by atoms with van der Waals surface area (Å²) in [6.45, 7) is 1.29. The molecule has 0 fully saturated rings. The van der Waals surface area contributed by atoms with Gasteiger partial charge >= 0.3 is 5.69 Å². The Balaban J connectivity index is 1.93. The number of ether oxygens (including phenoxy) is 2. The van der Waals surface area contributed by atoms with Gasteiger partial charge in [0.2, 0.25) is 0 Å². The van der Waals surface area contributed by atoms with Gasteiger partial charge in [-0.3, -0.25) is 14.9 Å². The van der Waals surface area contributed by atoms with E-state index in [4.69, 9.17) is 9.47 Å². The van der Waals surface area contributed by atoms with E-state index in [2.05, 4.69) is 10.5 Å². The fourth-order valence-electron chi connectivity index (χ4n) is 2.02. The van der Waals surface area contributed by atoms with Gasteiger partial charge in [0.05, 0.1) is 18.2 Å². The Bertz CT molecular complexity index is 850. The van der Waals surface area contributed by atoms with Crippen LogP contribution in [-0.2, 0) is 4.79 Å². The zero-order valence-electron chi connectivity index (χ0n) is 14.1. The summed E-state index contributed by atoms with van der Waals surface area (Å²) in [5.41, 5.74) is 3.34. The molecule has 0 unspecified atom stereocenters. The Morgan fingerprint density at radius 3 is 2.77 bits per heavy atom. The first kappa shape index (κ1) is 18.7. The van der Waals surface area contributed by atoms with Gasteiger partial charge in [0.1, 0.15) is 0 Å². The lowest BCUT2D eigenvalue weighted by atomic mass is 10.2. The van der Waals surface area contributed by atoms with Crippen molar-refractivity contribution >= 4 is 17.8 Å². The van der Waals surface area contributed by atoms with Gasteiger partial charge in [-0.05, 0) is 42.3 Å². The number of phenols is 1. The van der Waals surface area contributed by atoms with Crippen LogP contribution in [0.15, 0.2) is 41.5 Å². The van der Waals surface area contributed by atoms with Crippen LogP contribution < -0.4 is 14.9 Å². The van der Waals surface area contributed by atoms with Crippen LogP contribution in [0, 0.1) is 17.0 Å². The Kier molecular flexibility index (Phi) is 6.10. The molecule has 26 heavy (non-hydrogen) atoms. The van der Waals surface area contributed by atoms with E-state index in [1.807, 2.05) is 0 Å². The van der Waals surface area contributed by atoms with E-state index in [-0.39, 0.29) is 22.9 Å². The smallest absolute Gasteiger partial charge is 0.311 e. The van der Waals surface area contributed by atoms with Crippen LogP contribution in [0.4, 0.5) is 5.69 Å². The first-order valence-corrected chi connectivity index (χ1v) is 7.47. The molecule has 9 heteroatoms. The number of hydrazone groups is 1. The zero-order chi connectivity index (χ0) is 19.1. The predicted octanol–water partition coefficient (Wildman–Crippen LogP) is 2.15. The maximum atomic E-state index is 11.7. The number of rotatable bonds is 7. The molecule has 0 bridgehead atoms. The summed E-state index contributed by atoms with van der Waals surface area (Å²) in [5, 5.41) is 24.3. The van der Waals surface area contributed by atoms with E-state index >= 15 is 0 Å². The maximum Gasteiger partial charge on any atom is 0.311 e. The van der Waals surface area contributed by atoms with E-state index < -0.39 is 17.4 Å². The molecule has 2 aromatic carbocycles. The standard InChI is InChI=1S/C17H17N3O6/c1-11-3-6-15(13(7-11)20(23)24)26-10-17(22)19-18-9-12-4-5-14(21)16(8-12)25-2/h3-9,21H,10H2,1-2H3,(H,19,22). The highest BCUT2D eigenvalue weighted by Crippen LogP contribution is 2.27. The molecule has 2 rings (SSSR count). The number of hydrogen-bond donors (Lipinski definition) is 2. The van der Waals surface area contributed by atoms with Gasteiger partial charge in [-0.1, -0.05) is 6.07 Å². The largest absolute Gasteiger partial charge is 0.504 e. The maximum absolute atomic E-state index is 11.7. The fraction of sp³-hybridized carbons (Fsp3) is 0.176. The Morgan fingerprint density at radius 2 is 2.08 bits per heavy atom. The van der Waals surface area contributed by atoms with Gasteiger partial charge in [-0.15, -0.1) is 0 Å². The van der Waals surface area contributed by atoms with Crippen molar-refractivity contribution in [1.82, 2.24) is 5.43 Å². The number of phenolic OH excluding ortho intramolecular Hbond substituents is 1. The van der Waals surface area contributed by atoms with Crippen molar-refractivity contribution in [2.75, 3.05) is 13.7 Å². The van der Waals surface area contributed by atoms with Crippen LogP contribution in [0.5, 0.6) is 17.2 Å². The lowest BCUT2D eigenvalue weighted by Gasteiger charge is -2.06. The summed E-state index contributed by atoms with van der Waals surface area (Å²) >= 11 is 0. The van der Waals surface area contributed by atoms with E-state index in [1.54, 1.807) is 19.1 Å². The second-order valence-electron chi connectivity index (χ2n) is 5.24. The highest BCUT2D eigenvalue weighted by atomic mass is 16.6. The number of methoxy groups -OCH3 is 1. The summed E-state index contributed by atoms with van der Waals surface area (Å²) < 4.78 is 10.2. The number of hydrogen-bond acceptors (Lipinski definition) is 7. The summed E-state index contributed by atoms with van der Waals surface area (Å²) in [7, 11) is 1.42. The first-order valence-electron chi connectivity index (χ1n) is 7.47. The summed E-state index contributed by atoms with van der Waals surface area (Å²) in [6, 6.07) is 9.01. The number of nitro benzene ring substituents is 1. The number of aromatic hydroxyl groups is 1. The average molecular weight is 359 g/mol. The third kappa shape index (κ3) is 4.94. The summed E-state index contributed by atoms with van der Waals surface area (Å²) in [4.78, 5) is 22.2. The number of carbonyl (C=O) groups excluding carboxylic acids is 1. The number of nitro groups is 1. The number of benzene rings is 2. The van der Waals surface area contributed by atoms with Gasteiger partial charge in [0, 0.05) is 6.07 Å². The molecule has 1 amide bonds. The lowest BCUT2D eigenvalue weighted by molar-refractivity contribution is -0.385. The van der Waals surface area contributed by atoms with Crippen LogP contribution in [0.25, 0.3) is 0 Å². The molecule has 0 atom stereocenters. The Labute approximate surface area is 149 Å². The average Bonchev–Trinajstić information content (AvgIpc) is 2.61. The number of nitrogens with zero attached hydrogens (tertiary/aromatic N) is 2. The third-order valence-corrected chi connectivity index (χ3v) is 3.28. The quantitative estimate of drug-likeness (QED) is 0.443. The highest BCUT2D eigenvalue weighted by molar-refractivity contribution is 5.83. The van der Waals surface area contributed by atoms with Crippen LogP contribution in [-0.4, -0.2) is 35.9 Å². The minimum Gasteiger partial charge on any atom is -0.504 e. The number of carbonyl (C=O) groups is 1. The molecule has 0 aliphatic carbocycles. The molecular weight excluding hydrogens is 342 g/mol. The molecule has 0 aromatic heterocycles. The van der Waals surface area contributed by atoms with Crippen molar-refractivity contribution in [2.24, 2.45) is 5.10 Å². The molecule has 0 saturated heterocycles. The van der Waals surface area contributed by atoms with Crippen LogP contribution in [0.1, 0.15) is 11.1 Å². The molecular formula is C17H17N3O6. The Morgan fingerprint density at radius 1 is 1.31 bits per heavy atom. The van der Waals surface area contributed by atoms with E-state index in [9.17, 15) is 20.0 Å². The molecule has 0 saturated carbocycles. The minimum atomic E-state index is -0.582. The number of amides is 1. The topological polar surface area (TPSA) is 123 Å². The normalized spacial score (nSPS) is 10.5. The van der Waals surface area contributed by atoms with E-state index in [1.165, 1.54) is 37.6 Å². The van der Waals surface area contributed by atoms with Crippen molar-refractivity contribution in [3.05, 3.63) is 57.6 Å². The predicted molar refractivity (Wildman–Crippen MR) is 93.7 cm³/mol. The third-order valence-electron chi connectivity index (χ3n) is 3.28. The van der Waals surface area contributed by atoms with Gasteiger partial charge in [-0.2, -0.15) is 5.10 Å². The van der Waals surface area contributed by atoms with Crippen molar-refractivity contribution in [2.45, 2.75) is 6.92 Å². The minimum absolute atomic E-state index is 0.00278. The van der Waals surface area contributed by atoms with E-state index in [0.717, 1.165) is 0 Å². The highest BCUT2D eigenvalue weighted by Gasteiger charge is 2.16. The fourth-order valence-corrected chi connectivity index (χ4v) is 2.02. The van der Waals surface area contributed by atoms with E-state index in [0.29, 0.717) is 11.1 Å². The SMILES string of the molecule is COc1cc(C=NNC(=O)COc2ccc(C)cc2[N+](=O)[O-])ccc1O. The lowest BCUT2D eigenvalue weighted by Crippen LogP contribution is -2.24. The number of aryl methyl sites for hydroxylation is 1. The van der Waals surface area contributed by atoms with Crippen LogP contribution >= 0.6 is 0 Å². The molecule has 0 heterocycles. The van der Waals surface area contributed by atoms with Gasteiger partial charge in [0.25, 0.3) is 5.91 Å². The number of nitrogens with one attached hydrogen (secondary N) is 1. The summed E-state index contributed by atoms with van der Waals surface area (Å²) in [5.74, 6) is -0.318. The molecule has 0 radical (unpaired) electrons. The zero-order valence-corrected chi connectivity index (χ0v) is 14.1. The Hall–Kier alpha value is -3.62. The second kappa shape index (κ2) is 8.47. The molecule has 2 aromatic rings. The molecule has 9 nitrogen and oxygen atoms in total. The van der Waals surface area contributed by atoms with Crippen molar-refractivity contribution < 1.29 is 24.3 Å². The monoisotopic (exact) mass is 359 g/mol. The first-order chi connectivity index (χ1) is 12.4. The molecule has 0 spiro atoms. The molecule has 136 valence electrons. The van der Waals surface area contributed by atoms with Gasteiger partial charge in [-0.25, -0.2) is 5.43 Å². The van der Waals surface area contributed by atoms with Crippen molar-refractivity contribution in [3.63, 3.8) is 0 Å². The van der Waals surface area contributed by atoms with Gasteiger partial charge in [0.15, 0.2) is 23.9 Å². The molecule has 0 aliphatic rings. The second-order valence-corrected chi connectivity index (χ2v) is 5.24. The molecule has 2 N–H and O–H groups in total. The van der Waals surface area contributed by atoms with Gasteiger partial charge < -0.3 is 14.6 Å². The van der Waals surface area contributed by atoms with Crippen molar-refractivity contribution in [3.8, 4) is 17.2 Å². The van der Waals surface area contributed by atoms with Crippen LogP contribution in [0.2, 0.25) is 0 Å². The summed E-state index contributed by atoms with van der Waals surface area (Å²) in [6.07, 6.45) is 1.36. The van der Waals surface area contributed by atoms with Crippen LogP contribution in [0.3, 0.4) is 0 Å². The molecule has 0 aliphatic heterocycles. The van der Waals surface area contributed by atoms with Crippen molar-refractivity contribution in [1.29, 1.82) is 0 Å².